The minimum atomic E-state index is -0.414. The zero-order valence-corrected chi connectivity index (χ0v) is 17.4. The van der Waals surface area contributed by atoms with Gasteiger partial charge in [-0.1, -0.05) is 42.0 Å². The van der Waals surface area contributed by atoms with Gasteiger partial charge < -0.3 is 10.1 Å². The second-order valence-corrected chi connectivity index (χ2v) is 7.34. The van der Waals surface area contributed by atoms with Crippen LogP contribution in [-0.4, -0.2) is 23.5 Å². The van der Waals surface area contributed by atoms with Gasteiger partial charge in [-0.05, 0) is 37.6 Å². The molecule has 148 valence electrons. The van der Waals surface area contributed by atoms with E-state index < -0.39 is 5.97 Å². The molecule has 1 heterocycles. The summed E-state index contributed by atoms with van der Waals surface area (Å²) in [6.45, 7) is 5.56. The van der Waals surface area contributed by atoms with Crippen LogP contribution in [0.15, 0.2) is 53.9 Å². The molecular formula is C23H22N2O3S. The summed E-state index contributed by atoms with van der Waals surface area (Å²) in [5.41, 5.74) is 4.92. The van der Waals surface area contributed by atoms with E-state index in [9.17, 15) is 9.59 Å². The van der Waals surface area contributed by atoms with Crippen molar-refractivity contribution in [2.24, 2.45) is 0 Å². The number of aromatic nitrogens is 1. The number of carbonyl (C=O) groups is 2. The summed E-state index contributed by atoms with van der Waals surface area (Å²) in [5, 5.41) is 5.26. The normalized spacial score (nSPS) is 11.2. The smallest absolute Gasteiger partial charge is 0.341 e. The van der Waals surface area contributed by atoms with Crippen LogP contribution in [0.2, 0.25) is 0 Å². The zero-order chi connectivity index (χ0) is 20.8. The molecule has 0 spiro atoms. The van der Waals surface area contributed by atoms with Crippen molar-refractivity contribution in [2.75, 3.05) is 11.9 Å². The first-order valence-corrected chi connectivity index (χ1v) is 10.1. The molecule has 0 saturated carbocycles. The van der Waals surface area contributed by atoms with Crippen molar-refractivity contribution in [3.63, 3.8) is 0 Å². The Labute approximate surface area is 174 Å². The minimum Gasteiger partial charge on any atom is -0.462 e. The van der Waals surface area contributed by atoms with Crippen LogP contribution < -0.4 is 5.32 Å². The lowest BCUT2D eigenvalue weighted by molar-refractivity contribution is -0.136. The van der Waals surface area contributed by atoms with Crippen LogP contribution in [0.1, 0.15) is 30.0 Å². The van der Waals surface area contributed by atoms with E-state index in [0.29, 0.717) is 16.3 Å². The average molecular weight is 407 g/mol. The van der Waals surface area contributed by atoms with Gasteiger partial charge in [-0.2, -0.15) is 0 Å². The lowest BCUT2D eigenvalue weighted by atomic mass is 10.1. The monoisotopic (exact) mass is 406 g/mol. The van der Waals surface area contributed by atoms with Crippen LogP contribution >= 0.6 is 11.3 Å². The summed E-state index contributed by atoms with van der Waals surface area (Å²) in [7, 11) is 0. The lowest BCUT2D eigenvalue weighted by Gasteiger charge is -2.06. The SMILES string of the molecule is CCOC(=O)/C(=C/c1ccc(NC(C)=O)cc1)c1nc(-c2ccc(C)cc2)cs1. The van der Waals surface area contributed by atoms with Crippen molar-refractivity contribution in [1.82, 2.24) is 4.98 Å². The van der Waals surface area contributed by atoms with Gasteiger partial charge in [-0.25, -0.2) is 9.78 Å². The fraction of sp³-hybridized carbons (Fsp3) is 0.174. The van der Waals surface area contributed by atoms with E-state index in [4.69, 9.17) is 4.74 Å². The van der Waals surface area contributed by atoms with Gasteiger partial charge in [0.1, 0.15) is 5.01 Å². The van der Waals surface area contributed by atoms with Crippen molar-refractivity contribution >= 4 is 40.5 Å². The van der Waals surface area contributed by atoms with Crippen molar-refractivity contribution in [3.05, 3.63) is 70.0 Å². The summed E-state index contributed by atoms with van der Waals surface area (Å²) in [4.78, 5) is 28.4. The number of carbonyl (C=O) groups excluding carboxylic acids is 2. The summed E-state index contributed by atoms with van der Waals surface area (Å²) < 4.78 is 5.24. The topological polar surface area (TPSA) is 68.3 Å². The molecule has 6 heteroatoms. The molecule has 3 rings (SSSR count). The Balaban J connectivity index is 1.93. The number of hydrogen-bond acceptors (Lipinski definition) is 5. The van der Waals surface area contributed by atoms with E-state index >= 15 is 0 Å². The van der Waals surface area contributed by atoms with Crippen LogP contribution in [0.3, 0.4) is 0 Å². The first-order valence-electron chi connectivity index (χ1n) is 9.25. The molecule has 0 bridgehead atoms. The third-order valence-electron chi connectivity index (χ3n) is 4.12. The number of amides is 1. The maximum absolute atomic E-state index is 12.6. The Morgan fingerprint density at radius 1 is 1.10 bits per heavy atom. The highest BCUT2D eigenvalue weighted by molar-refractivity contribution is 7.11. The molecule has 0 unspecified atom stereocenters. The lowest BCUT2D eigenvalue weighted by Crippen LogP contribution is -2.07. The van der Waals surface area contributed by atoms with Gasteiger partial charge in [-0.15, -0.1) is 11.3 Å². The molecule has 2 aromatic carbocycles. The fourth-order valence-electron chi connectivity index (χ4n) is 2.70. The second-order valence-electron chi connectivity index (χ2n) is 6.49. The fourth-order valence-corrected chi connectivity index (χ4v) is 3.54. The number of anilines is 1. The van der Waals surface area contributed by atoms with Gasteiger partial charge in [0.25, 0.3) is 0 Å². The molecular weight excluding hydrogens is 384 g/mol. The Kier molecular flexibility index (Phi) is 6.57. The number of benzene rings is 2. The highest BCUT2D eigenvalue weighted by Gasteiger charge is 2.18. The van der Waals surface area contributed by atoms with Crippen molar-refractivity contribution in [3.8, 4) is 11.3 Å². The van der Waals surface area contributed by atoms with E-state index in [2.05, 4.69) is 10.3 Å². The van der Waals surface area contributed by atoms with Gasteiger partial charge in [-0.3, -0.25) is 4.79 Å². The molecule has 0 aliphatic rings. The summed E-state index contributed by atoms with van der Waals surface area (Å²) in [5.74, 6) is -0.546. The van der Waals surface area contributed by atoms with Crippen LogP contribution in [0, 0.1) is 6.92 Å². The number of ether oxygens (including phenoxy) is 1. The second kappa shape index (κ2) is 9.30. The predicted octanol–water partition coefficient (Wildman–Crippen LogP) is 5.18. The molecule has 1 amide bonds. The zero-order valence-electron chi connectivity index (χ0n) is 16.6. The Bertz CT molecular complexity index is 1030. The van der Waals surface area contributed by atoms with Crippen molar-refractivity contribution in [2.45, 2.75) is 20.8 Å². The third kappa shape index (κ3) is 5.39. The molecule has 1 N–H and O–H groups in total. The van der Waals surface area contributed by atoms with Gasteiger partial charge in [0.15, 0.2) is 0 Å². The molecule has 5 nitrogen and oxygen atoms in total. The number of aryl methyl sites for hydroxylation is 1. The molecule has 0 fully saturated rings. The molecule has 0 radical (unpaired) electrons. The van der Waals surface area contributed by atoms with E-state index in [0.717, 1.165) is 16.8 Å². The van der Waals surface area contributed by atoms with Crippen LogP contribution in [-0.2, 0) is 14.3 Å². The quantitative estimate of drug-likeness (QED) is 0.452. The number of thiazole rings is 1. The van der Waals surface area contributed by atoms with E-state index in [1.807, 2.05) is 48.7 Å². The van der Waals surface area contributed by atoms with Crippen molar-refractivity contribution in [1.29, 1.82) is 0 Å². The molecule has 0 aliphatic carbocycles. The molecule has 29 heavy (non-hydrogen) atoms. The van der Waals surface area contributed by atoms with E-state index in [1.54, 1.807) is 25.1 Å². The highest BCUT2D eigenvalue weighted by Crippen LogP contribution is 2.28. The molecule has 3 aromatic rings. The first kappa shape index (κ1) is 20.5. The Morgan fingerprint density at radius 3 is 2.41 bits per heavy atom. The third-order valence-corrected chi connectivity index (χ3v) is 4.99. The van der Waals surface area contributed by atoms with Crippen LogP contribution in [0.4, 0.5) is 5.69 Å². The summed E-state index contributed by atoms with van der Waals surface area (Å²) in [6, 6.07) is 15.3. The van der Waals surface area contributed by atoms with Gasteiger partial charge in [0.05, 0.1) is 17.9 Å². The number of esters is 1. The van der Waals surface area contributed by atoms with E-state index in [1.165, 1.54) is 23.8 Å². The largest absolute Gasteiger partial charge is 0.462 e. The van der Waals surface area contributed by atoms with Crippen LogP contribution in [0.25, 0.3) is 22.9 Å². The minimum absolute atomic E-state index is 0.132. The van der Waals surface area contributed by atoms with Crippen LogP contribution in [0.5, 0.6) is 0 Å². The van der Waals surface area contributed by atoms with Crippen molar-refractivity contribution < 1.29 is 14.3 Å². The Hall–Kier alpha value is -3.25. The maximum atomic E-state index is 12.6. The van der Waals surface area contributed by atoms with Gasteiger partial charge >= 0.3 is 5.97 Å². The Morgan fingerprint density at radius 2 is 1.79 bits per heavy atom. The molecule has 0 atom stereocenters. The highest BCUT2D eigenvalue weighted by atomic mass is 32.1. The summed E-state index contributed by atoms with van der Waals surface area (Å²) >= 11 is 1.40. The molecule has 0 aliphatic heterocycles. The molecule has 0 saturated heterocycles. The first-order chi connectivity index (χ1) is 14.0. The van der Waals surface area contributed by atoms with Gasteiger partial charge in [0.2, 0.25) is 5.91 Å². The molecule has 1 aromatic heterocycles. The number of nitrogens with one attached hydrogen (secondary N) is 1. The maximum Gasteiger partial charge on any atom is 0.341 e. The standard InChI is InChI=1S/C23H22N2O3S/c1-4-28-23(27)20(13-17-7-11-19(12-8-17)24-16(3)26)22-25-21(14-29-22)18-9-5-15(2)6-10-18/h5-14H,4H2,1-3H3,(H,24,26)/b20-13+. The number of nitrogens with zero attached hydrogens (tertiary/aromatic N) is 1. The average Bonchev–Trinajstić information content (AvgIpc) is 3.17. The van der Waals surface area contributed by atoms with E-state index in [-0.39, 0.29) is 12.5 Å². The van der Waals surface area contributed by atoms with Gasteiger partial charge in [0, 0.05) is 23.6 Å². The number of hydrogen-bond donors (Lipinski definition) is 1. The predicted molar refractivity (Wildman–Crippen MR) is 118 cm³/mol. The summed E-state index contributed by atoms with van der Waals surface area (Å²) in [6.07, 6.45) is 1.76. The number of rotatable bonds is 6.